The Bertz CT molecular complexity index is 192. The lowest BCUT2D eigenvalue weighted by Crippen LogP contribution is -2.50. The van der Waals surface area contributed by atoms with Crippen LogP contribution in [0.5, 0.6) is 0 Å². The van der Waals surface area contributed by atoms with Crippen molar-refractivity contribution in [2.24, 2.45) is 5.41 Å². The highest BCUT2D eigenvalue weighted by Crippen LogP contribution is 2.20. The minimum Gasteiger partial charge on any atom is -0.480 e. The number of carboxylic acids is 1. The van der Waals surface area contributed by atoms with Crippen molar-refractivity contribution in [1.29, 1.82) is 0 Å². The van der Waals surface area contributed by atoms with Crippen LogP contribution in [0.2, 0.25) is 0 Å². The molecule has 3 nitrogen and oxygen atoms in total. The maximum absolute atomic E-state index is 10.9. The van der Waals surface area contributed by atoms with Crippen LogP contribution in [0.25, 0.3) is 0 Å². The molecule has 0 aliphatic rings. The molecule has 0 fully saturated rings. The first-order valence-corrected chi connectivity index (χ1v) is 4.52. The normalized spacial score (nSPS) is 13.5. The van der Waals surface area contributed by atoms with Gasteiger partial charge >= 0.3 is 5.97 Å². The van der Waals surface area contributed by atoms with Crippen molar-refractivity contribution in [2.45, 2.75) is 40.2 Å². The van der Waals surface area contributed by atoms with Crippen molar-refractivity contribution in [3.05, 3.63) is 0 Å². The van der Waals surface area contributed by atoms with E-state index in [1.807, 2.05) is 11.9 Å². The molecular weight excluding hydrogens is 166 g/mol. The zero-order valence-corrected chi connectivity index (χ0v) is 9.51. The monoisotopic (exact) mass is 187 g/mol. The van der Waals surface area contributed by atoms with Crippen molar-refractivity contribution < 1.29 is 9.90 Å². The maximum Gasteiger partial charge on any atom is 0.323 e. The van der Waals surface area contributed by atoms with Crippen LogP contribution in [-0.2, 0) is 4.79 Å². The Morgan fingerprint density at radius 1 is 1.23 bits per heavy atom. The Kier molecular flexibility index (Phi) is 3.50. The highest BCUT2D eigenvalue weighted by molar-refractivity contribution is 5.77. The summed E-state index contributed by atoms with van der Waals surface area (Å²) < 4.78 is 0. The third kappa shape index (κ3) is 3.77. The molecule has 0 aliphatic heterocycles. The average Bonchev–Trinajstić information content (AvgIpc) is 1.82. The molecule has 0 aliphatic carbocycles. The van der Waals surface area contributed by atoms with Gasteiger partial charge in [0.15, 0.2) is 0 Å². The minimum absolute atomic E-state index is 0.126. The van der Waals surface area contributed by atoms with Crippen molar-refractivity contribution >= 4 is 5.97 Å². The van der Waals surface area contributed by atoms with Crippen LogP contribution in [0.3, 0.4) is 0 Å². The second-order valence-corrected chi connectivity index (χ2v) is 5.28. The van der Waals surface area contributed by atoms with E-state index in [9.17, 15) is 4.79 Å². The fraction of sp³-hybridized carbons (Fsp3) is 0.900. The van der Waals surface area contributed by atoms with E-state index >= 15 is 0 Å². The standard InChI is InChI=1S/C10H21NO2/c1-9(2,3)7-11(6)10(4,5)8(12)13/h7H2,1-6H3,(H,12,13). The largest absolute Gasteiger partial charge is 0.480 e. The second-order valence-electron chi connectivity index (χ2n) is 5.28. The van der Waals surface area contributed by atoms with Gasteiger partial charge in [-0.15, -0.1) is 0 Å². The molecular formula is C10H21NO2. The molecule has 0 bridgehead atoms. The smallest absolute Gasteiger partial charge is 0.323 e. The van der Waals surface area contributed by atoms with Crippen molar-refractivity contribution in [3.63, 3.8) is 0 Å². The quantitative estimate of drug-likeness (QED) is 0.732. The molecule has 0 aromatic heterocycles. The summed E-state index contributed by atoms with van der Waals surface area (Å²) in [5, 5.41) is 8.97. The van der Waals surface area contributed by atoms with Crippen molar-refractivity contribution in [3.8, 4) is 0 Å². The van der Waals surface area contributed by atoms with E-state index in [4.69, 9.17) is 5.11 Å². The number of carboxylic acid groups (broad SMARTS) is 1. The molecule has 1 N–H and O–H groups in total. The van der Waals surface area contributed by atoms with Crippen LogP contribution in [0.15, 0.2) is 0 Å². The molecule has 0 aromatic rings. The van der Waals surface area contributed by atoms with Gasteiger partial charge in [-0.05, 0) is 26.3 Å². The van der Waals surface area contributed by atoms with Gasteiger partial charge in [0, 0.05) is 6.54 Å². The van der Waals surface area contributed by atoms with Gasteiger partial charge in [-0.2, -0.15) is 0 Å². The zero-order chi connectivity index (χ0) is 10.9. The van der Waals surface area contributed by atoms with Crippen LogP contribution >= 0.6 is 0 Å². The Balaban J connectivity index is 4.43. The molecule has 78 valence electrons. The summed E-state index contributed by atoms with van der Waals surface area (Å²) in [5.41, 5.74) is -0.658. The molecule has 3 heteroatoms. The fourth-order valence-corrected chi connectivity index (χ4v) is 1.07. The number of carbonyl (C=O) groups is 1. The lowest BCUT2D eigenvalue weighted by Gasteiger charge is -2.36. The van der Waals surface area contributed by atoms with Crippen LogP contribution in [0, 0.1) is 5.41 Å². The van der Waals surface area contributed by atoms with Crippen molar-refractivity contribution in [1.82, 2.24) is 4.90 Å². The topological polar surface area (TPSA) is 40.5 Å². The van der Waals surface area contributed by atoms with Gasteiger partial charge in [0.1, 0.15) is 5.54 Å². The highest BCUT2D eigenvalue weighted by atomic mass is 16.4. The molecule has 0 saturated carbocycles. The number of rotatable bonds is 3. The summed E-state index contributed by atoms with van der Waals surface area (Å²) in [6, 6.07) is 0. The Labute approximate surface area is 80.7 Å². The van der Waals surface area contributed by atoms with Crippen LogP contribution in [-0.4, -0.2) is 35.1 Å². The maximum atomic E-state index is 10.9. The summed E-state index contributed by atoms with van der Waals surface area (Å²) in [5.74, 6) is -0.778. The van der Waals surface area contributed by atoms with Gasteiger partial charge in [-0.25, -0.2) is 0 Å². The SMILES string of the molecule is CN(CC(C)(C)C)C(C)(C)C(=O)O. The molecule has 0 aromatic carbocycles. The Morgan fingerprint density at radius 3 is 1.85 bits per heavy atom. The third-order valence-corrected chi connectivity index (χ3v) is 2.19. The van der Waals surface area contributed by atoms with Gasteiger partial charge in [-0.1, -0.05) is 20.8 Å². The number of hydrogen-bond donors (Lipinski definition) is 1. The van der Waals surface area contributed by atoms with E-state index in [-0.39, 0.29) is 5.41 Å². The molecule has 0 atom stereocenters. The van der Waals surface area contributed by atoms with E-state index in [0.29, 0.717) is 0 Å². The van der Waals surface area contributed by atoms with E-state index < -0.39 is 11.5 Å². The first kappa shape index (κ1) is 12.4. The number of aliphatic carboxylic acids is 1. The predicted molar refractivity (Wildman–Crippen MR) is 53.8 cm³/mol. The van der Waals surface area contributed by atoms with E-state index in [1.165, 1.54) is 0 Å². The molecule has 0 unspecified atom stereocenters. The van der Waals surface area contributed by atoms with Gasteiger partial charge in [0.05, 0.1) is 0 Å². The molecule has 0 rings (SSSR count). The molecule has 0 spiro atoms. The third-order valence-electron chi connectivity index (χ3n) is 2.19. The van der Waals surface area contributed by atoms with Crippen LogP contribution in [0.4, 0.5) is 0 Å². The Morgan fingerprint density at radius 2 is 1.62 bits per heavy atom. The predicted octanol–water partition coefficient (Wildman–Crippen LogP) is 1.83. The summed E-state index contributed by atoms with van der Waals surface area (Å²) in [6.45, 7) is 10.5. The first-order valence-electron chi connectivity index (χ1n) is 4.52. The fourth-order valence-electron chi connectivity index (χ4n) is 1.07. The molecule has 0 heterocycles. The summed E-state index contributed by atoms with van der Waals surface area (Å²) in [7, 11) is 1.85. The number of nitrogens with zero attached hydrogens (tertiary/aromatic N) is 1. The molecule has 0 saturated heterocycles. The van der Waals surface area contributed by atoms with Gasteiger partial charge in [0.25, 0.3) is 0 Å². The van der Waals surface area contributed by atoms with Crippen LogP contribution < -0.4 is 0 Å². The summed E-state index contributed by atoms with van der Waals surface area (Å²) in [4.78, 5) is 12.8. The first-order chi connectivity index (χ1) is 5.57. The number of hydrogen-bond acceptors (Lipinski definition) is 2. The van der Waals surface area contributed by atoms with Crippen LogP contribution in [0.1, 0.15) is 34.6 Å². The van der Waals surface area contributed by atoms with Gasteiger partial charge in [-0.3, -0.25) is 9.69 Å². The highest BCUT2D eigenvalue weighted by Gasteiger charge is 2.33. The molecule has 0 radical (unpaired) electrons. The number of likely N-dealkylation sites (N-methyl/N-ethyl adjacent to an activating group) is 1. The second kappa shape index (κ2) is 3.66. The summed E-state index contributed by atoms with van der Waals surface area (Å²) in [6.07, 6.45) is 0. The molecule has 13 heavy (non-hydrogen) atoms. The van der Waals surface area contributed by atoms with Gasteiger partial charge in [0.2, 0.25) is 0 Å². The lowest BCUT2D eigenvalue weighted by atomic mass is 9.93. The van der Waals surface area contributed by atoms with Crippen molar-refractivity contribution in [2.75, 3.05) is 13.6 Å². The van der Waals surface area contributed by atoms with E-state index in [0.717, 1.165) is 6.54 Å². The average molecular weight is 187 g/mol. The lowest BCUT2D eigenvalue weighted by molar-refractivity contribution is -0.149. The summed E-state index contributed by atoms with van der Waals surface area (Å²) >= 11 is 0. The molecule has 0 amide bonds. The van der Waals surface area contributed by atoms with E-state index in [1.54, 1.807) is 13.8 Å². The van der Waals surface area contributed by atoms with Gasteiger partial charge < -0.3 is 5.11 Å². The zero-order valence-electron chi connectivity index (χ0n) is 9.51. The van der Waals surface area contributed by atoms with E-state index in [2.05, 4.69) is 20.8 Å². The minimum atomic E-state index is -0.784. The Hall–Kier alpha value is -0.570.